The maximum atomic E-state index is 14.1. The third kappa shape index (κ3) is 2.60. The van der Waals surface area contributed by atoms with Gasteiger partial charge in [-0.25, -0.2) is 15.0 Å². The van der Waals surface area contributed by atoms with Gasteiger partial charge in [0.25, 0.3) is 0 Å². The Balaban J connectivity index is 1.45. The summed E-state index contributed by atoms with van der Waals surface area (Å²) in [5.41, 5.74) is 6.64. The Labute approximate surface area is 203 Å². The molecule has 4 aromatic rings. The number of rotatable bonds is 3. The average Bonchev–Trinajstić information content (AvgIpc) is 3.40. The standard InChI is InChI=1S/C28H28N4OS/c1-16-13-19-20(14-17(16)2)30-23-22(29-19)27(5)11-12-28(23,26(27,3)4)24(33)32-25-31-21(15-34-25)18-9-7-6-8-10-18/h6-10,13-15H,11-12H2,1-5H3,(H,31,32,33). The first-order chi connectivity index (χ1) is 16.2. The van der Waals surface area contributed by atoms with E-state index in [1.807, 2.05) is 35.7 Å². The molecule has 5 nitrogen and oxygen atoms in total. The van der Waals surface area contributed by atoms with Crippen molar-refractivity contribution in [2.75, 3.05) is 5.32 Å². The summed E-state index contributed by atoms with van der Waals surface area (Å²) in [7, 11) is 0. The first kappa shape index (κ1) is 21.4. The molecule has 34 heavy (non-hydrogen) atoms. The predicted molar refractivity (Wildman–Crippen MR) is 137 cm³/mol. The quantitative estimate of drug-likeness (QED) is 0.381. The van der Waals surface area contributed by atoms with Crippen molar-refractivity contribution in [1.82, 2.24) is 15.0 Å². The Bertz CT molecular complexity index is 1470. The number of hydrogen-bond donors (Lipinski definition) is 1. The van der Waals surface area contributed by atoms with Crippen molar-refractivity contribution in [2.24, 2.45) is 5.41 Å². The van der Waals surface area contributed by atoms with Crippen molar-refractivity contribution >= 4 is 33.4 Å². The topological polar surface area (TPSA) is 67.8 Å². The molecule has 0 aliphatic heterocycles. The number of anilines is 1. The number of aromatic nitrogens is 3. The van der Waals surface area contributed by atoms with E-state index in [-0.39, 0.29) is 16.7 Å². The second kappa shape index (κ2) is 6.95. The third-order valence-electron chi connectivity index (χ3n) is 8.83. The van der Waals surface area contributed by atoms with Crippen LogP contribution in [0, 0.1) is 19.3 Å². The number of fused-ring (bicyclic) bond motifs is 6. The molecule has 2 aromatic carbocycles. The fourth-order valence-corrected chi connectivity index (χ4v) is 6.85. The average molecular weight is 469 g/mol. The summed E-state index contributed by atoms with van der Waals surface area (Å²) in [5.74, 6) is -0.0218. The molecule has 2 aliphatic carbocycles. The Morgan fingerprint density at radius 3 is 2.24 bits per heavy atom. The summed E-state index contributed by atoms with van der Waals surface area (Å²) in [5, 5.41) is 5.79. The second-order valence-corrected chi connectivity index (χ2v) is 11.4. The zero-order valence-corrected chi connectivity index (χ0v) is 21.0. The van der Waals surface area contributed by atoms with E-state index in [0.29, 0.717) is 5.13 Å². The lowest BCUT2D eigenvalue weighted by Crippen LogP contribution is -2.48. The highest BCUT2D eigenvalue weighted by Crippen LogP contribution is 2.70. The van der Waals surface area contributed by atoms with Crippen molar-refractivity contribution in [2.45, 2.75) is 58.3 Å². The Morgan fingerprint density at radius 2 is 1.56 bits per heavy atom. The van der Waals surface area contributed by atoms with Crippen LogP contribution in [0.1, 0.15) is 56.1 Å². The van der Waals surface area contributed by atoms with E-state index in [1.165, 1.54) is 22.5 Å². The van der Waals surface area contributed by atoms with Gasteiger partial charge in [0.05, 0.1) is 33.5 Å². The lowest BCUT2D eigenvalue weighted by Gasteiger charge is -2.39. The molecular formula is C28H28N4OS. The summed E-state index contributed by atoms with van der Waals surface area (Å²) < 4.78 is 0. The van der Waals surface area contributed by atoms with Crippen LogP contribution in [0.25, 0.3) is 22.3 Å². The highest BCUT2D eigenvalue weighted by Gasteiger charge is 2.73. The van der Waals surface area contributed by atoms with Crippen molar-refractivity contribution in [3.05, 3.63) is 70.4 Å². The lowest BCUT2D eigenvalue weighted by molar-refractivity contribution is -0.125. The highest BCUT2D eigenvalue weighted by atomic mass is 32.1. The molecule has 0 saturated heterocycles. The van der Waals surface area contributed by atoms with Crippen LogP contribution < -0.4 is 5.32 Å². The zero-order chi connectivity index (χ0) is 23.9. The molecule has 1 fully saturated rings. The van der Waals surface area contributed by atoms with Crippen LogP contribution in [-0.4, -0.2) is 20.9 Å². The molecule has 2 atom stereocenters. The summed E-state index contributed by atoms with van der Waals surface area (Å²) in [6.07, 6.45) is 1.68. The molecule has 1 N–H and O–H groups in total. The fraction of sp³-hybridized carbons (Fsp3) is 0.357. The second-order valence-electron chi connectivity index (χ2n) is 10.6. The van der Waals surface area contributed by atoms with Gasteiger partial charge in [0.15, 0.2) is 5.13 Å². The molecule has 2 unspecified atom stereocenters. The highest BCUT2D eigenvalue weighted by molar-refractivity contribution is 7.14. The van der Waals surface area contributed by atoms with E-state index < -0.39 is 5.41 Å². The van der Waals surface area contributed by atoms with Gasteiger partial charge in [-0.1, -0.05) is 51.1 Å². The molecule has 2 aliphatic rings. The maximum Gasteiger partial charge on any atom is 0.239 e. The third-order valence-corrected chi connectivity index (χ3v) is 9.59. The fourth-order valence-electron chi connectivity index (χ4n) is 6.14. The first-order valence-corrected chi connectivity index (χ1v) is 12.7. The van der Waals surface area contributed by atoms with Crippen LogP contribution in [0.2, 0.25) is 0 Å². The zero-order valence-electron chi connectivity index (χ0n) is 20.2. The number of nitrogens with zero attached hydrogens (tertiary/aromatic N) is 3. The Hall–Kier alpha value is -3.12. The van der Waals surface area contributed by atoms with Gasteiger partial charge in [-0.05, 0) is 55.4 Å². The molecule has 0 spiro atoms. The van der Waals surface area contributed by atoms with Crippen LogP contribution in [-0.2, 0) is 15.6 Å². The number of thiazole rings is 1. The van der Waals surface area contributed by atoms with Crippen molar-refractivity contribution in [1.29, 1.82) is 0 Å². The van der Waals surface area contributed by atoms with E-state index in [9.17, 15) is 4.79 Å². The van der Waals surface area contributed by atoms with Crippen LogP contribution in [0.15, 0.2) is 47.8 Å². The minimum atomic E-state index is -0.740. The van der Waals surface area contributed by atoms with Crippen LogP contribution in [0.5, 0.6) is 0 Å². The van der Waals surface area contributed by atoms with Gasteiger partial charge in [-0.15, -0.1) is 11.3 Å². The van der Waals surface area contributed by atoms with Gasteiger partial charge in [0.1, 0.15) is 0 Å². The van der Waals surface area contributed by atoms with Gasteiger partial charge in [-0.2, -0.15) is 0 Å². The van der Waals surface area contributed by atoms with Crippen molar-refractivity contribution < 1.29 is 4.79 Å². The molecule has 2 aromatic heterocycles. The molecule has 6 rings (SSSR count). The normalized spacial score (nSPS) is 24.4. The van der Waals surface area contributed by atoms with E-state index in [2.05, 4.69) is 52.1 Å². The summed E-state index contributed by atoms with van der Waals surface area (Å²) in [4.78, 5) is 29.1. The minimum Gasteiger partial charge on any atom is -0.301 e. The summed E-state index contributed by atoms with van der Waals surface area (Å²) >= 11 is 1.46. The molecule has 2 bridgehead atoms. The molecule has 0 radical (unpaired) electrons. The summed E-state index contributed by atoms with van der Waals surface area (Å²) in [6, 6.07) is 14.3. The Morgan fingerprint density at radius 1 is 0.912 bits per heavy atom. The predicted octanol–water partition coefficient (Wildman–Crippen LogP) is 6.34. The van der Waals surface area contributed by atoms with Gasteiger partial charge < -0.3 is 5.32 Å². The molecule has 1 amide bonds. The van der Waals surface area contributed by atoms with E-state index in [0.717, 1.165) is 46.5 Å². The van der Waals surface area contributed by atoms with E-state index >= 15 is 0 Å². The number of carbonyl (C=O) groups is 1. The molecule has 6 heteroatoms. The van der Waals surface area contributed by atoms with Crippen molar-refractivity contribution in [3.63, 3.8) is 0 Å². The first-order valence-electron chi connectivity index (χ1n) is 11.8. The van der Waals surface area contributed by atoms with Crippen LogP contribution in [0.4, 0.5) is 5.13 Å². The number of nitrogens with one attached hydrogen (secondary N) is 1. The number of hydrogen-bond acceptors (Lipinski definition) is 5. The minimum absolute atomic E-state index is 0.0218. The number of aryl methyl sites for hydroxylation is 2. The smallest absolute Gasteiger partial charge is 0.239 e. The molecule has 172 valence electrons. The number of amides is 1. The van der Waals surface area contributed by atoms with E-state index in [1.54, 1.807) is 0 Å². The van der Waals surface area contributed by atoms with Gasteiger partial charge >= 0.3 is 0 Å². The van der Waals surface area contributed by atoms with E-state index in [4.69, 9.17) is 15.0 Å². The maximum absolute atomic E-state index is 14.1. The van der Waals surface area contributed by atoms with Gasteiger partial charge in [-0.3, -0.25) is 4.79 Å². The molecule has 1 saturated carbocycles. The summed E-state index contributed by atoms with van der Waals surface area (Å²) in [6.45, 7) is 10.9. The monoisotopic (exact) mass is 468 g/mol. The van der Waals surface area contributed by atoms with Crippen LogP contribution >= 0.6 is 11.3 Å². The van der Waals surface area contributed by atoms with Gasteiger partial charge in [0.2, 0.25) is 5.91 Å². The lowest BCUT2D eigenvalue weighted by atomic mass is 9.63. The number of benzene rings is 2. The van der Waals surface area contributed by atoms with Crippen molar-refractivity contribution in [3.8, 4) is 11.3 Å². The van der Waals surface area contributed by atoms with Crippen LogP contribution in [0.3, 0.4) is 0 Å². The number of carbonyl (C=O) groups excluding carboxylic acids is 1. The SMILES string of the molecule is Cc1cc2nc3c(nc2cc1C)C1(C(=O)Nc2nc(-c4ccccc4)cs2)CCC3(C)C1(C)C. The Kier molecular flexibility index (Phi) is 4.38. The molecule has 2 heterocycles. The van der Waals surface area contributed by atoms with Gasteiger partial charge in [0, 0.05) is 16.4 Å². The molecular weight excluding hydrogens is 440 g/mol. The largest absolute Gasteiger partial charge is 0.301 e.